The van der Waals surface area contributed by atoms with Crippen molar-refractivity contribution >= 4 is 10.8 Å². The summed E-state index contributed by atoms with van der Waals surface area (Å²) in [5, 5.41) is 0. The van der Waals surface area contributed by atoms with Crippen LogP contribution in [0.1, 0.15) is 5.56 Å². The summed E-state index contributed by atoms with van der Waals surface area (Å²) in [4.78, 5) is 0. The first-order chi connectivity index (χ1) is 4.79. The number of benzene rings is 1. The van der Waals surface area contributed by atoms with Gasteiger partial charge in [-0.25, -0.2) is 0 Å². The molecule has 1 aromatic carbocycles. The molecule has 1 rings (SSSR count). The summed E-state index contributed by atoms with van der Waals surface area (Å²) < 4.78 is 10.7. The molecule has 0 aromatic heterocycles. The molecule has 0 radical (unpaired) electrons. The van der Waals surface area contributed by atoms with Gasteiger partial charge in [-0.3, -0.25) is 4.21 Å². The van der Waals surface area contributed by atoms with Crippen molar-refractivity contribution < 1.29 is 23.1 Å². The Morgan fingerprint density at radius 2 is 1.82 bits per heavy atom. The van der Waals surface area contributed by atoms with Gasteiger partial charge in [0, 0.05) is 6.26 Å². The fraction of sp³-hybridized carbons (Fsp3) is 0.125. The van der Waals surface area contributed by atoms with Crippen LogP contribution in [0.5, 0.6) is 0 Å². The summed E-state index contributed by atoms with van der Waals surface area (Å²) in [5.41, 5.74) is 1.02. The molecular formula is C8H9LiOS. The monoisotopic (exact) mass is 160 g/mol. The number of hydrogen-bond donors (Lipinski definition) is 0. The van der Waals surface area contributed by atoms with Crippen LogP contribution < -0.4 is 18.9 Å². The van der Waals surface area contributed by atoms with Gasteiger partial charge in [0.05, 0.1) is 0 Å². The van der Waals surface area contributed by atoms with Crippen LogP contribution in [0, 0.1) is 5.75 Å². The van der Waals surface area contributed by atoms with Crippen molar-refractivity contribution in [3.05, 3.63) is 41.6 Å². The van der Waals surface area contributed by atoms with Crippen LogP contribution in [0.15, 0.2) is 30.3 Å². The number of hydrogen-bond acceptors (Lipinski definition) is 1. The Balaban J connectivity index is 0.000001000. The van der Waals surface area contributed by atoms with Crippen molar-refractivity contribution in [2.45, 2.75) is 0 Å². The second kappa shape index (κ2) is 5.48. The Morgan fingerprint density at radius 1 is 1.27 bits per heavy atom. The summed E-state index contributed by atoms with van der Waals surface area (Å²) in [5.74, 6) is 1.72. The van der Waals surface area contributed by atoms with Crippen LogP contribution in [0.2, 0.25) is 0 Å². The molecule has 1 aromatic rings. The van der Waals surface area contributed by atoms with Gasteiger partial charge >= 0.3 is 18.9 Å². The fourth-order valence-corrected chi connectivity index (χ4v) is 1.26. The zero-order chi connectivity index (χ0) is 7.40. The molecule has 0 amide bonds. The largest absolute Gasteiger partial charge is 1.00 e. The first kappa shape index (κ1) is 10.8. The van der Waals surface area contributed by atoms with E-state index in [1.165, 1.54) is 0 Å². The first-order valence-corrected chi connectivity index (χ1v) is 4.63. The summed E-state index contributed by atoms with van der Waals surface area (Å²) in [6.45, 7) is 0. The van der Waals surface area contributed by atoms with Crippen LogP contribution in [0.25, 0.3) is 0 Å². The second-order valence-electron chi connectivity index (χ2n) is 2.03. The molecular weight excluding hydrogens is 151 g/mol. The fourth-order valence-electron chi connectivity index (χ4n) is 0.723. The number of rotatable bonds is 2. The Kier molecular flexibility index (Phi) is 5.40. The van der Waals surface area contributed by atoms with Gasteiger partial charge in [-0.1, -0.05) is 11.8 Å². The third-order valence-electron chi connectivity index (χ3n) is 1.10. The maximum absolute atomic E-state index is 10.7. The molecule has 0 aliphatic heterocycles. The Bertz CT molecular complexity index is 223. The molecule has 0 saturated heterocycles. The van der Waals surface area contributed by atoms with Gasteiger partial charge in [0.25, 0.3) is 0 Å². The van der Waals surface area contributed by atoms with Crippen LogP contribution in [-0.2, 0) is 10.8 Å². The Hall–Kier alpha value is -0.163. The van der Waals surface area contributed by atoms with Crippen molar-refractivity contribution in [3.8, 4) is 0 Å². The third kappa shape index (κ3) is 4.31. The van der Waals surface area contributed by atoms with Crippen molar-refractivity contribution in [3.63, 3.8) is 0 Å². The average Bonchev–Trinajstić information content (AvgIpc) is 1.88. The topological polar surface area (TPSA) is 17.1 Å². The molecule has 0 heterocycles. The van der Waals surface area contributed by atoms with Gasteiger partial charge in [-0.05, 0) is 10.8 Å². The Labute approximate surface area is 81.8 Å². The van der Waals surface area contributed by atoms with Gasteiger partial charge in [0.2, 0.25) is 0 Å². The first-order valence-electron chi connectivity index (χ1n) is 3.01. The average molecular weight is 160 g/mol. The van der Waals surface area contributed by atoms with Crippen molar-refractivity contribution in [2.75, 3.05) is 6.26 Å². The zero-order valence-corrected chi connectivity index (χ0v) is 7.60. The van der Waals surface area contributed by atoms with E-state index in [1.54, 1.807) is 12.0 Å². The molecule has 3 heteroatoms. The van der Waals surface area contributed by atoms with E-state index in [-0.39, 0.29) is 18.9 Å². The SMILES string of the molecule is CS(=O)[CH-]c1ccccc1.[Li+]. The minimum Gasteiger partial charge on any atom is -0.269 e. The molecule has 0 saturated carbocycles. The van der Waals surface area contributed by atoms with Gasteiger partial charge in [0.15, 0.2) is 0 Å². The second-order valence-corrected chi connectivity index (χ2v) is 3.26. The van der Waals surface area contributed by atoms with E-state index in [1.807, 2.05) is 30.3 Å². The van der Waals surface area contributed by atoms with Crippen molar-refractivity contribution in [1.29, 1.82) is 0 Å². The molecule has 0 aliphatic rings. The minimum absolute atomic E-state index is 0. The van der Waals surface area contributed by atoms with Crippen molar-refractivity contribution in [2.24, 2.45) is 0 Å². The maximum atomic E-state index is 10.7. The predicted octanol–water partition coefficient (Wildman–Crippen LogP) is -1.42. The maximum Gasteiger partial charge on any atom is 1.00 e. The smallest absolute Gasteiger partial charge is 0.269 e. The van der Waals surface area contributed by atoms with Crippen LogP contribution >= 0.6 is 0 Å². The standard InChI is InChI=1S/C8H9OS.Li/c1-10(9)7-8-5-3-2-4-6-8;/h2-7H,1H3;/q-1;+1. The van der Waals surface area contributed by atoms with Crippen molar-refractivity contribution in [1.82, 2.24) is 0 Å². The third-order valence-corrected chi connectivity index (χ3v) is 1.71. The summed E-state index contributed by atoms with van der Waals surface area (Å²) in [6, 6.07) is 9.66. The molecule has 0 spiro atoms. The molecule has 0 aliphatic carbocycles. The van der Waals surface area contributed by atoms with E-state index >= 15 is 0 Å². The summed E-state index contributed by atoms with van der Waals surface area (Å²) >= 11 is 0. The minimum atomic E-state index is -0.842. The normalized spacial score (nSPS) is 11.4. The summed E-state index contributed by atoms with van der Waals surface area (Å²) in [7, 11) is -0.842. The molecule has 0 bridgehead atoms. The van der Waals surface area contributed by atoms with Gasteiger partial charge in [-0.15, -0.1) is 12.1 Å². The van der Waals surface area contributed by atoms with Gasteiger partial charge in [0.1, 0.15) is 0 Å². The van der Waals surface area contributed by atoms with E-state index in [4.69, 9.17) is 0 Å². The summed E-state index contributed by atoms with van der Waals surface area (Å²) in [6.07, 6.45) is 1.66. The van der Waals surface area contributed by atoms with E-state index < -0.39 is 10.8 Å². The van der Waals surface area contributed by atoms with Crippen LogP contribution in [0.3, 0.4) is 0 Å². The molecule has 0 fully saturated rings. The molecule has 0 N–H and O–H groups in total. The molecule has 1 atom stereocenters. The van der Waals surface area contributed by atoms with E-state index in [9.17, 15) is 4.21 Å². The predicted molar refractivity (Wildman–Crippen MR) is 43.9 cm³/mol. The van der Waals surface area contributed by atoms with E-state index in [2.05, 4.69) is 0 Å². The quantitative estimate of drug-likeness (QED) is 0.383. The zero-order valence-electron chi connectivity index (χ0n) is 6.78. The van der Waals surface area contributed by atoms with Crippen LogP contribution in [-0.4, -0.2) is 10.5 Å². The van der Waals surface area contributed by atoms with Gasteiger partial charge in [-0.2, -0.15) is 17.7 Å². The van der Waals surface area contributed by atoms with E-state index in [0.29, 0.717) is 0 Å². The molecule has 11 heavy (non-hydrogen) atoms. The van der Waals surface area contributed by atoms with E-state index in [0.717, 1.165) is 5.56 Å². The molecule has 54 valence electrons. The molecule has 1 nitrogen and oxygen atoms in total. The molecule has 1 unspecified atom stereocenters. The Morgan fingerprint density at radius 3 is 2.27 bits per heavy atom. The van der Waals surface area contributed by atoms with Crippen LogP contribution in [0.4, 0.5) is 0 Å². The van der Waals surface area contributed by atoms with Gasteiger partial charge < -0.3 is 0 Å².